The third kappa shape index (κ3) is 7.11. The number of ether oxygens (including phenoxy) is 1. The molecular weight excluding hydrogens is 597 g/mol. The average Bonchev–Trinajstić information content (AvgIpc) is 3.40. The van der Waals surface area contributed by atoms with E-state index in [0.29, 0.717) is 36.5 Å². The molecule has 3 heterocycles. The van der Waals surface area contributed by atoms with E-state index >= 15 is 0 Å². The Hall–Kier alpha value is -3.69. The van der Waals surface area contributed by atoms with Gasteiger partial charge < -0.3 is 9.64 Å². The van der Waals surface area contributed by atoms with Crippen molar-refractivity contribution in [2.45, 2.75) is 23.0 Å². The summed E-state index contributed by atoms with van der Waals surface area (Å²) in [5.41, 5.74) is 0.210. The number of morpholine rings is 1. The lowest BCUT2D eigenvalue weighted by molar-refractivity contribution is -0.195. The first kappa shape index (κ1) is 30.8. The summed E-state index contributed by atoms with van der Waals surface area (Å²) in [7, 11) is 0. The second-order valence-corrected chi connectivity index (χ2v) is 11.1. The molecule has 43 heavy (non-hydrogen) atoms. The van der Waals surface area contributed by atoms with E-state index in [1.165, 1.54) is 42.5 Å². The van der Waals surface area contributed by atoms with E-state index < -0.39 is 71.7 Å². The number of Topliss-reactive ketones (excluding diaryl/α,β-unsaturated/α-hetero) is 1. The highest BCUT2D eigenvalue weighted by Gasteiger charge is 2.53. The zero-order chi connectivity index (χ0) is 30.7. The summed E-state index contributed by atoms with van der Waals surface area (Å²) in [4.78, 5) is 46.3. The Balaban J connectivity index is 1.45. The normalized spacial score (nSPS) is 19.9. The summed E-state index contributed by atoms with van der Waals surface area (Å²) >= 11 is 0.905. The first-order valence-corrected chi connectivity index (χ1v) is 14.3. The number of piperidine rings is 1. The van der Waals surface area contributed by atoms with E-state index in [1.807, 2.05) is 0 Å². The van der Waals surface area contributed by atoms with Gasteiger partial charge in [0.15, 0.2) is 16.8 Å². The van der Waals surface area contributed by atoms with Crippen molar-refractivity contribution < 1.29 is 41.1 Å². The number of carbonyl (C=O) groups is 3. The summed E-state index contributed by atoms with van der Waals surface area (Å²) in [6, 6.07) is 10.4. The van der Waals surface area contributed by atoms with Crippen LogP contribution in [0.5, 0.6) is 0 Å². The van der Waals surface area contributed by atoms with Crippen molar-refractivity contribution in [1.82, 2.24) is 24.6 Å². The van der Waals surface area contributed by atoms with Crippen LogP contribution in [0.1, 0.15) is 27.7 Å². The van der Waals surface area contributed by atoms with Gasteiger partial charge in [-0.2, -0.15) is 17.9 Å². The number of carbonyl (C=O) groups excluding carboxylic acids is 3. The first-order valence-electron chi connectivity index (χ1n) is 13.3. The molecule has 2 atom stereocenters. The summed E-state index contributed by atoms with van der Waals surface area (Å²) < 4.78 is 77.0. The summed E-state index contributed by atoms with van der Waals surface area (Å²) in [6.07, 6.45) is -4.92. The number of aromatic nitrogens is 3. The molecule has 3 aromatic rings. The highest BCUT2D eigenvalue weighted by Crippen LogP contribution is 2.41. The molecule has 1 aromatic heterocycles. The van der Waals surface area contributed by atoms with Crippen molar-refractivity contribution in [3.63, 3.8) is 0 Å². The van der Waals surface area contributed by atoms with Crippen LogP contribution < -0.4 is 0 Å². The van der Waals surface area contributed by atoms with Gasteiger partial charge in [0.1, 0.15) is 11.6 Å². The van der Waals surface area contributed by atoms with Gasteiger partial charge in [-0.05, 0) is 29.8 Å². The van der Waals surface area contributed by atoms with Gasteiger partial charge in [-0.1, -0.05) is 36.0 Å². The molecule has 0 saturated carbocycles. The van der Waals surface area contributed by atoms with Crippen LogP contribution in [-0.2, 0) is 20.1 Å². The molecule has 2 aromatic carbocycles. The number of likely N-dealkylation sites (tertiary alicyclic amines) is 1. The predicted octanol–water partition coefficient (Wildman–Crippen LogP) is 3.54. The third-order valence-electron chi connectivity index (χ3n) is 7.20. The molecule has 0 aliphatic carbocycles. The van der Waals surface area contributed by atoms with Crippen LogP contribution in [0.3, 0.4) is 0 Å². The van der Waals surface area contributed by atoms with Gasteiger partial charge in [-0.15, -0.1) is 5.10 Å². The molecule has 0 radical (unpaired) electrons. The van der Waals surface area contributed by atoms with Crippen LogP contribution in [0.4, 0.5) is 22.0 Å². The van der Waals surface area contributed by atoms with Gasteiger partial charge in [0, 0.05) is 25.4 Å². The summed E-state index contributed by atoms with van der Waals surface area (Å²) in [5.74, 6) is -8.57. The van der Waals surface area contributed by atoms with Crippen LogP contribution in [0.25, 0.3) is 0 Å². The highest BCUT2D eigenvalue weighted by atomic mass is 32.2. The molecule has 15 heteroatoms. The summed E-state index contributed by atoms with van der Waals surface area (Å²) in [6.45, 7) is 0.121. The highest BCUT2D eigenvalue weighted by molar-refractivity contribution is 7.98. The van der Waals surface area contributed by atoms with Crippen molar-refractivity contribution >= 4 is 29.4 Å². The van der Waals surface area contributed by atoms with Crippen molar-refractivity contribution in [3.05, 3.63) is 77.1 Å². The van der Waals surface area contributed by atoms with Crippen LogP contribution in [-0.4, -0.2) is 94.3 Å². The molecule has 2 fully saturated rings. The maximum absolute atomic E-state index is 14.5. The molecule has 2 unspecified atom stereocenters. The Labute approximate surface area is 247 Å². The smallest absolute Gasteiger partial charge is 0.379 e. The van der Waals surface area contributed by atoms with Crippen LogP contribution in [0.2, 0.25) is 0 Å². The van der Waals surface area contributed by atoms with Gasteiger partial charge in [0.2, 0.25) is 5.91 Å². The van der Waals surface area contributed by atoms with Gasteiger partial charge in [0.05, 0.1) is 43.7 Å². The van der Waals surface area contributed by atoms with Crippen LogP contribution in [0, 0.1) is 17.6 Å². The van der Waals surface area contributed by atoms with Crippen molar-refractivity contribution in [3.8, 4) is 0 Å². The maximum Gasteiger partial charge on any atom is 0.394 e. The number of hydrogen-bond donors (Lipinski definition) is 0. The number of hydrogen-bond acceptors (Lipinski definition) is 8. The molecule has 5 rings (SSSR count). The number of alkyl halides is 3. The Bertz CT molecular complexity index is 1490. The van der Waals surface area contributed by atoms with Gasteiger partial charge >= 0.3 is 6.18 Å². The molecule has 1 amide bonds. The van der Waals surface area contributed by atoms with E-state index in [-0.39, 0.29) is 17.5 Å². The molecular formula is C28H26F5N5O4S. The van der Waals surface area contributed by atoms with Crippen LogP contribution in [0.15, 0.2) is 53.7 Å². The quantitative estimate of drug-likeness (QED) is 0.291. The number of amides is 1. The standard InChI is InChI=1S/C28H26F5N5O4S/c29-18-7-5-17(6-8-18)16-43-27-34-25(35-38(27)26(41)19-3-1-2-4-21(19)30)24-20(28(31,32)33)13-37(14-22(24)39)23(40)15-36-9-11-42-12-10-36/h1-8,20,24H,9-16H2. The maximum atomic E-state index is 14.5. The Morgan fingerprint density at radius 1 is 1.02 bits per heavy atom. The first-order chi connectivity index (χ1) is 20.5. The molecule has 0 N–H and O–H groups in total. The van der Waals surface area contributed by atoms with E-state index in [0.717, 1.165) is 22.7 Å². The van der Waals surface area contributed by atoms with E-state index in [2.05, 4.69) is 10.1 Å². The number of thioether (sulfide) groups is 1. The zero-order valence-electron chi connectivity index (χ0n) is 22.6. The van der Waals surface area contributed by atoms with Gasteiger partial charge in [0.25, 0.3) is 5.91 Å². The molecule has 0 spiro atoms. The van der Waals surface area contributed by atoms with Gasteiger partial charge in [-0.25, -0.2) is 13.8 Å². The number of nitrogens with zero attached hydrogens (tertiary/aromatic N) is 5. The fraction of sp³-hybridized carbons (Fsp3) is 0.393. The second-order valence-electron chi connectivity index (χ2n) is 10.1. The Morgan fingerprint density at radius 3 is 2.40 bits per heavy atom. The summed E-state index contributed by atoms with van der Waals surface area (Å²) in [5, 5.41) is 3.84. The van der Waals surface area contributed by atoms with E-state index in [1.54, 1.807) is 4.90 Å². The number of halogens is 5. The fourth-order valence-corrected chi connectivity index (χ4v) is 5.82. The van der Waals surface area contributed by atoms with E-state index in [4.69, 9.17) is 4.74 Å². The van der Waals surface area contributed by atoms with Crippen molar-refractivity contribution in [2.75, 3.05) is 45.9 Å². The van der Waals surface area contributed by atoms with Crippen molar-refractivity contribution in [1.29, 1.82) is 0 Å². The molecule has 2 aliphatic heterocycles. The third-order valence-corrected chi connectivity index (χ3v) is 8.20. The molecule has 9 nitrogen and oxygen atoms in total. The van der Waals surface area contributed by atoms with Gasteiger partial charge in [-0.3, -0.25) is 19.3 Å². The predicted molar refractivity (Wildman–Crippen MR) is 143 cm³/mol. The monoisotopic (exact) mass is 623 g/mol. The molecule has 2 saturated heterocycles. The Morgan fingerprint density at radius 2 is 1.72 bits per heavy atom. The minimum absolute atomic E-state index is 0.119. The fourth-order valence-electron chi connectivity index (χ4n) is 4.92. The lowest BCUT2D eigenvalue weighted by Crippen LogP contribution is -2.55. The average molecular weight is 624 g/mol. The van der Waals surface area contributed by atoms with Crippen LogP contribution >= 0.6 is 11.8 Å². The topological polar surface area (TPSA) is 97.6 Å². The minimum Gasteiger partial charge on any atom is -0.379 e. The largest absolute Gasteiger partial charge is 0.394 e. The number of ketones is 1. The Kier molecular flexibility index (Phi) is 9.22. The van der Waals surface area contributed by atoms with E-state index in [9.17, 15) is 36.3 Å². The van der Waals surface area contributed by atoms with Crippen molar-refractivity contribution in [2.24, 2.45) is 5.92 Å². The molecule has 2 aliphatic rings. The molecule has 228 valence electrons. The lowest BCUT2D eigenvalue weighted by Gasteiger charge is -2.38. The molecule has 0 bridgehead atoms. The zero-order valence-corrected chi connectivity index (χ0v) is 23.4. The minimum atomic E-state index is -4.92. The second kappa shape index (κ2) is 12.9. The lowest BCUT2D eigenvalue weighted by atomic mass is 9.83. The SMILES string of the molecule is O=C1CN(C(=O)CN2CCOCC2)CC(C(F)(F)F)C1c1nc(SCc2ccc(F)cc2)n(C(=O)c2ccccc2F)n1. The number of benzene rings is 2. The number of rotatable bonds is 7.